The fraction of sp³-hybridized carbons (Fsp3) is 1.00. The minimum atomic E-state index is -3.11. The largest absolute Gasteiger partial charge is 0.317 e. The minimum absolute atomic E-state index is 0.136. The number of hydrogen-bond acceptors (Lipinski definition) is 4. The maximum absolute atomic E-state index is 12.0. The maximum atomic E-state index is 12.0. The molecule has 0 aromatic carbocycles. The average Bonchev–Trinajstić information content (AvgIpc) is 2.38. The molecular weight excluding hydrogens is 280 g/mol. The van der Waals surface area contributed by atoms with Gasteiger partial charge in [0.05, 0.1) is 5.75 Å². The predicted molar refractivity (Wildman–Crippen MR) is 84.3 cm³/mol. The predicted octanol–water partition coefficient (Wildman–Crippen LogP) is 1.97. The van der Waals surface area contributed by atoms with Crippen molar-refractivity contribution in [3.63, 3.8) is 0 Å². The molecule has 1 saturated carbocycles. The summed E-state index contributed by atoms with van der Waals surface area (Å²) in [5.41, 5.74) is 0. The molecule has 6 heteroatoms. The molecule has 0 heterocycles. The van der Waals surface area contributed by atoms with Gasteiger partial charge in [-0.15, -0.1) is 0 Å². The molecule has 0 spiro atoms. The first-order chi connectivity index (χ1) is 9.09. The fourth-order valence-electron chi connectivity index (χ4n) is 2.49. The summed E-state index contributed by atoms with van der Waals surface area (Å²) in [5, 5.41) is 3.68. The van der Waals surface area contributed by atoms with E-state index in [9.17, 15) is 8.42 Å². The molecule has 1 aliphatic carbocycles. The van der Waals surface area contributed by atoms with Gasteiger partial charge in [-0.3, -0.25) is 0 Å². The Bertz CT molecular complexity index is 334. The standard InChI is InChI=1S/C13H28N2O2S2/c1-3-9-14-10-6-11-19(16,17)15-12-7-4-5-8-13(12)18-2/h12-15H,3-11H2,1-2H3. The summed E-state index contributed by atoms with van der Waals surface area (Å²) in [6.45, 7) is 3.85. The molecule has 0 aromatic rings. The smallest absolute Gasteiger partial charge is 0.211 e. The fourth-order valence-corrected chi connectivity index (χ4v) is 4.90. The second-order valence-electron chi connectivity index (χ2n) is 5.21. The van der Waals surface area contributed by atoms with Crippen molar-refractivity contribution in [1.29, 1.82) is 0 Å². The quantitative estimate of drug-likeness (QED) is 0.639. The van der Waals surface area contributed by atoms with Crippen LogP contribution in [0, 0.1) is 0 Å². The Labute approximate surface area is 122 Å². The zero-order valence-corrected chi connectivity index (χ0v) is 13.8. The average molecular weight is 309 g/mol. The maximum Gasteiger partial charge on any atom is 0.211 e. The monoisotopic (exact) mass is 308 g/mol. The lowest BCUT2D eigenvalue weighted by molar-refractivity contribution is 0.423. The van der Waals surface area contributed by atoms with Crippen LogP contribution in [0.3, 0.4) is 0 Å². The van der Waals surface area contributed by atoms with E-state index in [4.69, 9.17) is 0 Å². The van der Waals surface area contributed by atoms with Crippen molar-refractivity contribution in [2.24, 2.45) is 0 Å². The Hall–Kier alpha value is 0.220. The summed E-state index contributed by atoms with van der Waals surface area (Å²) in [6, 6.07) is 0.136. The molecule has 0 bridgehead atoms. The van der Waals surface area contributed by atoms with Crippen LogP contribution in [-0.2, 0) is 10.0 Å². The number of rotatable bonds is 9. The van der Waals surface area contributed by atoms with Crippen LogP contribution in [0.4, 0.5) is 0 Å². The van der Waals surface area contributed by atoms with Crippen LogP contribution >= 0.6 is 11.8 Å². The van der Waals surface area contributed by atoms with Gasteiger partial charge in [0, 0.05) is 11.3 Å². The summed E-state index contributed by atoms with van der Waals surface area (Å²) < 4.78 is 27.0. The van der Waals surface area contributed by atoms with Crippen molar-refractivity contribution in [1.82, 2.24) is 10.0 Å². The van der Waals surface area contributed by atoms with E-state index in [0.29, 0.717) is 11.7 Å². The van der Waals surface area contributed by atoms with Gasteiger partial charge in [-0.05, 0) is 45.0 Å². The second kappa shape index (κ2) is 9.21. The molecule has 4 nitrogen and oxygen atoms in total. The van der Waals surface area contributed by atoms with E-state index in [1.54, 1.807) is 11.8 Å². The van der Waals surface area contributed by atoms with Gasteiger partial charge in [0.1, 0.15) is 0 Å². The summed E-state index contributed by atoms with van der Waals surface area (Å²) in [5.74, 6) is 0.237. The summed E-state index contributed by atoms with van der Waals surface area (Å²) in [7, 11) is -3.11. The highest BCUT2D eigenvalue weighted by Crippen LogP contribution is 2.27. The minimum Gasteiger partial charge on any atom is -0.317 e. The molecule has 0 amide bonds. The van der Waals surface area contributed by atoms with Crippen molar-refractivity contribution in [3.05, 3.63) is 0 Å². The van der Waals surface area contributed by atoms with Crippen LogP contribution in [0.15, 0.2) is 0 Å². The first-order valence-corrected chi connectivity index (χ1v) is 10.3. The molecule has 19 heavy (non-hydrogen) atoms. The highest BCUT2D eigenvalue weighted by molar-refractivity contribution is 7.99. The highest BCUT2D eigenvalue weighted by Gasteiger charge is 2.27. The molecule has 0 aliphatic heterocycles. The molecule has 0 saturated heterocycles. The van der Waals surface area contributed by atoms with Crippen molar-refractivity contribution >= 4 is 21.8 Å². The third-order valence-corrected chi connectivity index (χ3v) is 6.19. The van der Waals surface area contributed by atoms with Gasteiger partial charge >= 0.3 is 0 Å². The van der Waals surface area contributed by atoms with Crippen LogP contribution in [-0.4, -0.2) is 44.8 Å². The lowest BCUT2D eigenvalue weighted by Crippen LogP contribution is -2.44. The van der Waals surface area contributed by atoms with Crippen molar-refractivity contribution in [3.8, 4) is 0 Å². The second-order valence-corrected chi connectivity index (χ2v) is 8.16. The van der Waals surface area contributed by atoms with Gasteiger partial charge in [-0.2, -0.15) is 11.8 Å². The summed E-state index contributed by atoms with van der Waals surface area (Å²) in [4.78, 5) is 0. The van der Waals surface area contributed by atoms with Gasteiger partial charge in [0.25, 0.3) is 0 Å². The molecule has 114 valence electrons. The Morgan fingerprint density at radius 2 is 1.95 bits per heavy atom. The molecular formula is C13H28N2O2S2. The zero-order valence-electron chi connectivity index (χ0n) is 12.2. The van der Waals surface area contributed by atoms with Gasteiger partial charge < -0.3 is 5.32 Å². The molecule has 2 unspecified atom stereocenters. The topological polar surface area (TPSA) is 58.2 Å². The highest BCUT2D eigenvalue weighted by atomic mass is 32.2. The van der Waals surface area contributed by atoms with Crippen LogP contribution in [0.2, 0.25) is 0 Å². The lowest BCUT2D eigenvalue weighted by Gasteiger charge is -2.30. The molecule has 2 N–H and O–H groups in total. The summed E-state index contributed by atoms with van der Waals surface area (Å²) in [6.07, 6.45) is 8.33. The first kappa shape index (κ1) is 17.3. The van der Waals surface area contributed by atoms with Gasteiger partial charge in [0.15, 0.2) is 0 Å². The molecule has 1 rings (SSSR count). The third-order valence-electron chi connectivity index (χ3n) is 3.53. The lowest BCUT2D eigenvalue weighted by atomic mass is 9.96. The van der Waals surface area contributed by atoms with E-state index < -0.39 is 10.0 Å². The van der Waals surface area contributed by atoms with Gasteiger partial charge in [-0.25, -0.2) is 13.1 Å². The van der Waals surface area contributed by atoms with Crippen molar-refractivity contribution in [2.45, 2.75) is 56.7 Å². The molecule has 1 fully saturated rings. The normalized spacial score (nSPS) is 24.5. The molecule has 2 atom stereocenters. The number of hydrogen-bond donors (Lipinski definition) is 2. The van der Waals surface area contributed by atoms with E-state index in [0.717, 1.165) is 38.8 Å². The van der Waals surface area contributed by atoms with Crippen LogP contribution < -0.4 is 10.0 Å². The van der Waals surface area contributed by atoms with E-state index in [-0.39, 0.29) is 11.8 Å². The van der Waals surface area contributed by atoms with Crippen molar-refractivity contribution in [2.75, 3.05) is 25.1 Å². The van der Waals surface area contributed by atoms with Crippen LogP contribution in [0.5, 0.6) is 0 Å². The number of thioether (sulfide) groups is 1. The van der Waals surface area contributed by atoms with Gasteiger partial charge in [0.2, 0.25) is 10.0 Å². The third kappa shape index (κ3) is 6.97. The summed E-state index contributed by atoms with van der Waals surface area (Å²) >= 11 is 1.79. The molecule has 0 aromatic heterocycles. The molecule has 0 radical (unpaired) electrons. The Kier molecular flexibility index (Phi) is 8.37. The Morgan fingerprint density at radius 1 is 1.21 bits per heavy atom. The number of nitrogens with one attached hydrogen (secondary N) is 2. The van der Waals surface area contributed by atoms with Crippen molar-refractivity contribution < 1.29 is 8.42 Å². The van der Waals surface area contributed by atoms with Crippen LogP contribution in [0.25, 0.3) is 0 Å². The van der Waals surface area contributed by atoms with Crippen LogP contribution in [0.1, 0.15) is 45.4 Å². The van der Waals surface area contributed by atoms with E-state index in [2.05, 4.69) is 23.2 Å². The van der Waals surface area contributed by atoms with E-state index >= 15 is 0 Å². The first-order valence-electron chi connectivity index (χ1n) is 7.32. The SMILES string of the molecule is CCCNCCCS(=O)(=O)NC1CCCCC1SC. The Balaban J connectivity index is 2.32. The van der Waals surface area contributed by atoms with E-state index in [1.807, 2.05) is 0 Å². The zero-order chi connectivity index (χ0) is 14.1. The number of sulfonamides is 1. The van der Waals surface area contributed by atoms with E-state index in [1.165, 1.54) is 6.42 Å². The van der Waals surface area contributed by atoms with Gasteiger partial charge in [-0.1, -0.05) is 19.8 Å². The molecule has 1 aliphatic rings. The Morgan fingerprint density at radius 3 is 2.63 bits per heavy atom.